The molecular weight excluding hydrogens is 554 g/mol. The Balaban J connectivity index is 1.24. The molecule has 12 rings (SSSR count). The maximum atomic E-state index is 5.28. The fourth-order valence-corrected chi connectivity index (χ4v) is 117. The average molecular weight is 601 g/mol. The van der Waals surface area contributed by atoms with E-state index in [1.165, 1.54) is 35.5 Å². The summed E-state index contributed by atoms with van der Waals surface area (Å²) < 4.78 is 1.91. The van der Waals surface area contributed by atoms with E-state index in [0.717, 1.165) is 13.9 Å². The number of fused-ring (bicyclic) bond motifs is 10. The van der Waals surface area contributed by atoms with Crippen molar-refractivity contribution in [2.45, 2.75) is 124 Å². The van der Waals surface area contributed by atoms with E-state index >= 15 is 0 Å². The summed E-state index contributed by atoms with van der Waals surface area (Å²) in [5, 5.41) is 0.629. The summed E-state index contributed by atoms with van der Waals surface area (Å²) in [5.74, 6) is 0. The Bertz CT molecular complexity index is 1910. The van der Waals surface area contributed by atoms with E-state index in [2.05, 4.69) is 120 Å². The fourth-order valence-electron chi connectivity index (χ4n) is 24.4. The number of pyridine rings is 2. The molecule has 10 fully saturated rings. The van der Waals surface area contributed by atoms with Crippen LogP contribution in [0.5, 0.6) is 0 Å². The van der Waals surface area contributed by atoms with E-state index < -0.39 is 6.51 Å². The van der Waals surface area contributed by atoms with Gasteiger partial charge in [0.2, 0.25) is 0 Å². The quantitative estimate of drug-likeness (QED) is 0.252. The molecule has 0 saturated carbocycles. The van der Waals surface area contributed by atoms with Crippen LogP contribution in [0.2, 0.25) is 46.7 Å². The van der Waals surface area contributed by atoms with Gasteiger partial charge in [-0.3, -0.25) is 0 Å². The summed E-state index contributed by atoms with van der Waals surface area (Å²) in [7, 11) is 3.50. The van der Waals surface area contributed by atoms with Crippen molar-refractivity contribution in [3.8, 4) is 0 Å². The number of hydrogen-bond donors (Lipinski definition) is 0. The monoisotopic (exact) mass is 600 g/mol. The number of rotatable bonds is 5. The molecule has 6 atom stereocenters. The van der Waals surface area contributed by atoms with E-state index in [4.69, 9.17) is 9.97 Å². The van der Waals surface area contributed by atoms with Gasteiger partial charge in [-0.2, -0.15) is 0 Å². The minimum absolute atomic E-state index is 0.130. The Morgan fingerprint density at radius 1 is 0.744 bits per heavy atom. The zero-order valence-corrected chi connectivity index (χ0v) is 28.3. The van der Waals surface area contributed by atoms with Gasteiger partial charge in [-0.15, -0.1) is 0 Å². The van der Waals surface area contributed by atoms with Gasteiger partial charge in [0, 0.05) is 0 Å². The van der Waals surface area contributed by atoms with Gasteiger partial charge in [0.05, 0.1) is 0 Å². The summed E-state index contributed by atoms with van der Waals surface area (Å²) in [4.78, 5) is 18.8. The molecule has 2 aromatic heterocycles. The van der Waals surface area contributed by atoms with Gasteiger partial charge in [0.25, 0.3) is 0 Å². The second-order valence-electron chi connectivity index (χ2n) is 20.4. The first-order valence-corrected chi connectivity index (χ1v) is 23.7. The van der Waals surface area contributed by atoms with Crippen molar-refractivity contribution in [3.63, 3.8) is 0 Å². The van der Waals surface area contributed by atoms with E-state index in [9.17, 15) is 0 Å². The molecule has 10 saturated heterocycles. The molecule has 0 aliphatic carbocycles. The summed E-state index contributed by atoms with van der Waals surface area (Å²) in [6.45, 7) is 19.5. The van der Waals surface area contributed by atoms with Crippen molar-refractivity contribution in [3.05, 3.63) is 60.2 Å². The third kappa shape index (κ3) is 0.524. The van der Waals surface area contributed by atoms with Gasteiger partial charge in [-0.05, 0) is 0 Å². The maximum absolute atomic E-state index is 5.28. The van der Waals surface area contributed by atoms with Crippen molar-refractivity contribution >= 4 is 17.2 Å². The third-order valence-corrected chi connectivity index (χ3v) is 71.2. The molecule has 0 aromatic carbocycles. The van der Waals surface area contributed by atoms with E-state index in [0.29, 0.717) is 24.4 Å². The zero-order valence-electron chi connectivity index (χ0n) is 25.1. The standard InChI is InChI=1S/C29H41N2P2.C5H5.Fe/c1-26(2,3)22-18-21(20-33(27(4,5)6)28(7,8)9)23(19-22)29(32,24-14-10-12-16-30-24)25-15-11-13-17-31-25;1-2-4-5-3-1;/h10-19H,20,32H2,1-9H3;1-5H;. The van der Waals surface area contributed by atoms with Gasteiger partial charge in [-0.1, -0.05) is 0 Å². The third-order valence-electron chi connectivity index (χ3n) is 21.1. The molecule has 0 amide bonds. The number of nitrogens with zero attached hydrogens (tertiary/aromatic N) is 2. The molecule has 12 heterocycles. The molecule has 0 N–H and O–H groups in total. The Kier molecular flexibility index (Phi) is 1.77. The number of hydrogen-bond acceptors (Lipinski definition) is 2. The van der Waals surface area contributed by atoms with E-state index in [1.54, 1.807) is 6.16 Å². The van der Waals surface area contributed by atoms with E-state index in [1.807, 2.05) is 0 Å². The molecule has 2 nitrogen and oxygen atoms in total. The van der Waals surface area contributed by atoms with Crippen LogP contribution in [0.4, 0.5) is 0 Å². The second kappa shape index (κ2) is 3.11. The molecule has 39 heavy (non-hydrogen) atoms. The van der Waals surface area contributed by atoms with Crippen LogP contribution in [0, 0.1) is 5.41 Å². The summed E-state index contributed by atoms with van der Waals surface area (Å²) in [6, 6.07) is 13.5. The molecular formula is C34H46FeN2P2. The van der Waals surface area contributed by atoms with Gasteiger partial charge < -0.3 is 0 Å². The Labute approximate surface area is 229 Å². The number of aromatic nitrogens is 2. The molecule has 0 radical (unpaired) electrons. The van der Waals surface area contributed by atoms with E-state index in [-0.39, 0.29) is 13.1 Å². The van der Waals surface area contributed by atoms with Crippen LogP contribution in [0.3, 0.4) is 0 Å². The van der Waals surface area contributed by atoms with Crippen molar-refractivity contribution in [2.75, 3.05) is 6.16 Å². The first-order chi connectivity index (χ1) is 17.9. The molecule has 0 bridgehead atoms. The zero-order chi connectivity index (χ0) is 27.4. The molecule has 10 aliphatic rings. The molecule has 2 aromatic rings. The van der Waals surface area contributed by atoms with Crippen molar-refractivity contribution in [1.29, 1.82) is 0 Å². The van der Waals surface area contributed by atoms with Crippen LogP contribution in [-0.4, -0.2) is 26.4 Å². The van der Waals surface area contributed by atoms with Crippen LogP contribution in [-0.2, 0) is 11.7 Å². The summed E-state index contributed by atoms with van der Waals surface area (Å²) >= 11 is 0. The average Bonchev–Trinajstić information content (AvgIpc) is 3.80. The van der Waals surface area contributed by atoms with Crippen LogP contribution in [0.15, 0.2) is 48.8 Å². The molecule has 1 spiro atoms. The SMILES string of the molecule is CC(C)(C)P(C[C]12[CH]3[C]4(C(C)(C)C)[CH]5[C]1(C(P)(c1ccccn1)c1ccccn1)[Fe]35241678[CH]2[CH]1[CH]6[CH]7[CH]28)C(C)(C)C. The Hall–Kier alpha value is -0.321. The Morgan fingerprint density at radius 2 is 1.21 bits per heavy atom. The summed E-state index contributed by atoms with van der Waals surface area (Å²) in [6.07, 6.45) is 5.71. The summed E-state index contributed by atoms with van der Waals surface area (Å²) in [5.41, 5.74) is 3.09. The van der Waals surface area contributed by atoms with Crippen LogP contribution >= 0.6 is 17.2 Å². The van der Waals surface area contributed by atoms with Crippen LogP contribution in [0.25, 0.3) is 0 Å². The predicted molar refractivity (Wildman–Crippen MR) is 164 cm³/mol. The Morgan fingerprint density at radius 3 is 1.54 bits per heavy atom. The molecule has 210 valence electrons. The van der Waals surface area contributed by atoms with Crippen molar-refractivity contribution in [2.24, 2.45) is 5.41 Å². The molecule has 6 unspecified atom stereocenters. The van der Waals surface area contributed by atoms with Crippen molar-refractivity contribution in [1.82, 2.24) is 9.97 Å². The second-order valence-corrected chi connectivity index (χ2v) is 48.1. The normalized spacial score (nSPS) is 64.3. The van der Waals surface area contributed by atoms with Crippen LogP contribution in [0.1, 0.15) is 73.7 Å². The van der Waals surface area contributed by atoms with Crippen LogP contribution < -0.4 is 0 Å². The first-order valence-electron chi connectivity index (χ1n) is 15.5. The topological polar surface area (TPSA) is 25.8 Å². The predicted octanol–water partition coefficient (Wildman–Crippen LogP) is 10.2. The van der Waals surface area contributed by atoms with Gasteiger partial charge in [0.15, 0.2) is 0 Å². The molecule has 10 aliphatic heterocycles. The first kappa shape index (κ1) is 22.3. The fraction of sp³-hybridized carbons (Fsp3) is 0.706. The van der Waals surface area contributed by atoms with Gasteiger partial charge >= 0.3 is 230 Å². The van der Waals surface area contributed by atoms with Gasteiger partial charge in [-0.25, -0.2) is 0 Å². The van der Waals surface area contributed by atoms with Gasteiger partial charge in [0.1, 0.15) is 0 Å². The van der Waals surface area contributed by atoms with Crippen molar-refractivity contribution < 1.29 is 6.51 Å². The minimum atomic E-state index is -4.20. The molecule has 5 heteroatoms.